The van der Waals surface area contributed by atoms with E-state index in [0.717, 1.165) is 0 Å². The number of carbonyl (C=O) groups excluding carboxylic acids is 3. The summed E-state index contributed by atoms with van der Waals surface area (Å²) in [6.07, 6.45) is -1.39. The molecule has 2 aliphatic heterocycles. The number of hydrogen-bond donors (Lipinski definition) is 2. The highest BCUT2D eigenvalue weighted by molar-refractivity contribution is 7.84. The average molecular weight is 601 g/mol. The van der Waals surface area contributed by atoms with Crippen LogP contribution in [0.25, 0.3) is 0 Å². The molecular formula is C30H48O10S. The summed E-state index contributed by atoms with van der Waals surface area (Å²) < 4.78 is 36.2. The minimum Gasteiger partial charge on any atom is -0.458 e. The molecule has 0 spiro atoms. The van der Waals surface area contributed by atoms with Crippen molar-refractivity contribution in [1.82, 2.24) is 0 Å². The Hall–Kier alpha value is -1.82. The van der Waals surface area contributed by atoms with Gasteiger partial charge in [-0.05, 0) is 51.0 Å². The molecule has 0 amide bonds. The van der Waals surface area contributed by atoms with E-state index in [1.54, 1.807) is 13.8 Å². The third-order valence-electron chi connectivity index (χ3n) is 9.03. The minimum absolute atomic E-state index is 0.0972. The van der Waals surface area contributed by atoms with Crippen LogP contribution < -0.4 is 0 Å². The van der Waals surface area contributed by atoms with Gasteiger partial charge in [-0.15, -0.1) is 0 Å². The molecular weight excluding hydrogens is 552 g/mol. The van der Waals surface area contributed by atoms with Gasteiger partial charge in [0, 0.05) is 53.9 Å². The Morgan fingerprint density at radius 3 is 2.39 bits per heavy atom. The Morgan fingerprint density at radius 1 is 1.17 bits per heavy atom. The SMILES string of the molecule is C=C1C[C@H]2O[C@H]([C@@H]3[C@@H](C(C)C)[C@H](OC(=O)CCS(C)=O)[C@@H](OC(C)=O)[C@@](C)(O)[C@@H]32)[C@](C)(OC(=O)CCC)CC[C@@H]1O. The molecule has 1 aliphatic carbocycles. The summed E-state index contributed by atoms with van der Waals surface area (Å²) in [5, 5.41) is 23.1. The molecule has 234 valence electrons. The van der Waals surface area contributed by atoms with Gasteiger partial charge in [0.15, 0.2) is 6.10 Å². The Morgan fingerprint density at radius 2 is 1.83 bits per heavy atom. The smallest absolute Gasteiger partial charge is 0.307 e. The number of hydrogen-bond acceptors (Lipinski definition) is 10. The molecule has 11 heteroatoms. The van der Waals surface area contributed by atoms with Gasteiger partial charge in [0.1, 0.15) is 23.4 Å². The van der Waals surface area contributed by atoms with Crippen molar-refractivity contribution in [3.8, 4) is 0 Å². The van der Waals surface area contributed by atoms with Crippen molar-refractivity contribution in [2.45, 2.75) is 122 Å². The van der Waals surface area contributed by atoms with Gasteiger partial charge in [-0.3, -0.25) is 18.6 Å². The van der Waals surface area contributed by atoms with Crippen molar-refractivity contribution < 1.29 is 47.8 Å². The van der Waals surface area contributed by atoms with E-state index in [-0.39, 0.29) is 43.3 Å². The summed E-state index contributed by atoms with van der Waals surface area (Å²) in [6.45, 7) is 14.5. The molecule has 0 radical (unpaired) electrons. The Bertz CT molecular complexity index is 1020. The zero-order chi connectivity index (χ0) is 30.9. The highest BCUT2D eigenvalue weighted by atomic mass is 32.2. The molecule has 2 heterocycles. The number of aliphatic hydroxyl groups is 2. The van der Waals surface area contributed by atoms with E-state index < -0.39 is 82.2 Å². The second-order valence-corrected chi connectivity index (χ2v) is 14.3. The van der Waals surface area contributed by atoms with E-state index >= 15 is 0 Å². The number of ether oxygens (including phenoxy) is 4. The van der Waals surface area contributed by atoms with Crippen molar-refractivity contribution in [2.75, 3.05) is 12.0 Å². The maximum absolute atomic E-state index is 13.0. The van der Waals surface area contributed by atoms with Crippen LogP contribution in [-0.4, -0.2) is 86.1 Å². The highest BCUT2D eigenvalue weighted by Gasteiger charge is 2.69. The van der Waals surface area contributed by atoms with Crippen LogP contribution in [0.1, 0.15) is 80.1 Å². The summed E-state index contributed by atoms with van der Waals surface area (Å²) in [5.74, 6) is -3.21. The van der Waals surface area contributed by atoms with Gasteiger partial charge in [-0.2, -0.15) is 0 Å². The van der Waals surface area contributed by atoms with Gasteiger partial charge in [-0.1, -0.05) is 27.4 Å². The second-order valence-electron chi connectivity index (χ2n) is 12.7. The fraction of sp³-hybridized carbons (Fsp3) is 0.833. The topological polar surface area (TPSA) is 146 Å². The molecule has 1 saturated carbocycles. The molecule has 0 aromatic carbocycles. The molecule has 41 heavy (non-hydrogen) atoms. The molecule has 0 aromatic heterocycles. The Balaban J connectivity index is 2.18. The minimum atomic E-state index is -1.72. The van der Waals surface area contributed by atoms with Crippen molar-refractivity contribution in [3.63, 3.8) is 0 Å². The first kappa shape index (κ1) is 33.7. The largest absolute Gasteiger partial charge is 0.458 e. The first-order valence-corrected chi connectivity index (χ1v) is 16.4. The number of esters is 3. The lowest BCUT2D eigenvalue weighted by Crippen LogP contribution is -2.68. The van der Waals surface area contributed by atoms with E-state index in [2.05, 4.69) is 6.58 Å². The molecule has 2 N–H and O–H groups in total. The van der Waals surface area contributed by atoms with E-state index in [0.29, 0.717) is 18.4 Å². The standard InChI is InChI=1S/C30H48O10S/c1-9-10-22(34)40-29(6)13-11-19(32)17(4)15-20-25-24(27(29)38-20)23(16(2)3)26(39-21(33)12-14-41(8)36)28(30(25,7)35)37-18(5)31/h16,19-20,23-28,32,35H,4,9-15H2,1-3,5-8H3/t19-,20+,23+,24+,25+,26-,27+,28+,29+,30-,41?/m0/s1. The monoisotopic (exact) mass is 600 g/mol. The summed E-state index contributed by atoms with van der Waals surface area (Å²) in [4.78, 5) is 38.2. The van der Waals surface area contributed by atoms with Crippen LogP contribution in [0.15, 0.2) is 12.2 Å². The summed E-state index contributed by atoms with van der Waals surface area (Å²) in [7, 11) is -1.21. The third kappa shape index (κ3) is 7.22. The van der Waals surface area contributed by atoms with Gasteiger partial charge in [0.2, 0.25) is 0 Å². The van der Waals surface area contributed by atoms with Gasteiger partial charge in [0.05, 0.1) is 18.6 Å². The van der Waals surface area contributed by atoms with Gasteiger partial charge in [0.25, 0.3) is 0 Å². The van der Waals surface area contributed by atoms with Crippen molar-refractivity contribution in [1.29, 1.82) is 0 Å². The lowest BCUT2D eigenvalue weighted by atomic mass is 9.55. The van der Waals surface area contributed by atoms with Gasteiger partial charge >= 0.3 is 17.9 Å². The van der Waals surface area contributed by atoms with Gasteiger partial charge in [-0.25, -0.2) is 0 Å². The summed E-state index contributed by atoms with van der Waals surface area (Å²) in [5.41, 5.74) is -2.35. The molecule has 10 nitrogen and oxygen atoms in total. The molecule has 2 saturated heterocycles. The van der Waals surface area contributed by atoms with E-state index in [9.17, 15) is 28.8 Å². The van der Waals surface area contributed by atoms with Crippen LogP contribution in [0.3, 0.4) is 0 Å². The number of carbonyl (C=O) groups is 3. The predicted octanol–water partition coefficient (Wildman–Crippen LogP) is 2.84. The summed E-state index contributed by atoms with van der Waals surface area (Å²) in [6, 6.07) is 0. The number of aliphatic hydroxyl groups excluding tert-OH is 1. The van der Waals surface area contributed by atoms with Crippen LogP contribution in [0.2, 0.25) is 0 Å². The zero-order valence-electron chi connectivity index (χ0n) is 25.4. The Kier molecular flexibility index (Phi) is 10.9. The Labute approximate surface area is 246 Å². The quantitative estimate of drug-likeness (QED) is 0.230. The maximum atomic E-state index is 13.0. The maximum Gasteiger partial charge on any atom is 0.307 e. The molecule has 2 bridgehead atoms. The highest BCUT2D eigenvalue weighted by Crippen LogP contribution is 2.58. The average Bonchev–Trinajstić information content (AvgIpc) is 3.24. The van der Waals surface area contributed by atoms with Crippen molar-refractivity contribution in [3.05, 3.63) is 12.2 Å². The van der Waals surface area contributed by atoms with E-state index in [4.69, 9.17) is 18.9 Å². The molecule has 3 rings (SSSR count). The lowest BCUT2D eigenvalue weighted by molar-refractivity contribution is -0.241. The van der Waals surface area contributed by atoms with Crippen LogP contribution in [0.4, 0.5) is 0 Å². The molecule has 3 aliphatic rings. The van der Waals surface area contributed by atoms with Gasteiger partial charge < -0.3 is 29.2 Å². The molecule has 0 aromatic rings. The molecule has 3 fully saturated rings. The number of fused-ring (bicyclic) bond motifs is 5. The first-order valence-electron chi connectivity index (χ1n) is 14.7. The van der Waals surface area contributed by atoms with Crippen LogP contribution in [-0.2, 0) is 44.1 Å². The second kappa shape index (κ2) is 13.2. The van der Waals surface area contributed by atoms with Crippen molar-refractivity contribution in [2.24, 2.45) is 23.7 Å². The number of rotatable bonds is 9. The fourth-order valence-electron chi connectivity index (χ4n) is 7.23. The molecule has 1 unspecified atom stereocenters. The third-order valence-corrected chi connectivity index (χ3v) is 9.81. The fourth-order valence-corrected chi connectivity index (χ4v) is 7.69. The molecule has 11 atom stereocenters. The normalized spacial score (nSPS) is 39.6. The van der Waals surface area contributed by atoms with Crippen molar-refractivity contribution >= 4 is 28.7 Å². The summed E-state index contributed by atoms with van der Waals surface area (Å²) >= 11 is 0. The first-order chi connectivity index (χ1) is 19.0. The van der Waals surface area contributed by atoms with Crippen LogP contribution in [0, 0.1) is 23.7 Å². The van der Waals surface area contributed by atoms with Crippen LogP contribution in [0.5, 0.6) is 0 Å². The lowest BCUT2D eigenvalue weighted by Gasteiger charge is -2.55. The predicted molar refractivity (Wildman–Crippen MR) is 152 cm³/mol. The van der Waals surface area contributed by atoms with Crippen LogP contribution >= 0.6 is 0 Å². The zero-order valence-corrected chi connectivity index (χ0v) is 26.2. The van der Waals surface area contributed by atoms with E-state index in [1.807, 2.05) is 20.8 Å². The van der Waals surface area contributed by atoms with E-state index in [1.165, 1.54) is 13.2 Å².